The van der Waals surface area contributed by atoms with Gasteiger partial charge in [-0.3, -0.25) is 4.79 Å². The van der Waals surface area contributed by atoms with Crippen LogP contribution in [0.5, 0.6) is 5.75 Å². The Kier molecular flexibility index (Phi) is 5.57. The Labute approximate surface area is 123 Å². The number of nitrogens with two attached hydrogens (primary N) is 1. The molecule has 0 radical (unpaired) electrons. The number of thiocarbonyl (C=S) groups is 1. The Morgan fingerprint density at radius 3 is 2.74 bits per heavy atom. The molecule has 1 atom stereocenters. The van der Waals surface area contributed by atoms with E-state index < -0.39 is 0 Å². The summed E-state index contributed by atoms with van der Waals surface area (Å²) >= 11 is 10.8. The van der Waals surface area contributed by atoms with Gasteiger partial charge in [0.15, 0.2) is 0 Å². The monoisotopic (exact) mass is 300 g/mol. The highest BCUT2D eigenvalue weighted by Crippen LogP contribution is 2.24. The van der Waals surface area contributed by atoms with E-state index in [0.29, 0.717) is 27.9 Å². The second kappa shape index (κ2) is 6.73. The van der Waals surface area contributed by atoms with Crippen LogP contribution in [0, 0.1) is 5.92 Å². The summed E-state index contributed by atoms with van der Waals surface area (Å²) in [4.78, 5) is 14.3. The number of hydrogen-bond acceptors (Lipinski definition) is 3. The summed E-state index contributed by atoms with van der Waals surface area (Å²) in [6.45, 7) is 2.34. The Hall–Kier alpha value is -1.33. The molecule has 0 aliphatic heterocycles. The highest BCUT2D eigenvalue weighted by molar-refractivity contribution is 7.80. The van der Waals surface area contributed by atoms with Crippen LogP contribution in [0.2, 0.25) is 5.02 Å². The third-order valence-electron chi connectivity index (χ3n) is 2.77. The van der Waals surface area contributed by atoms with Gasteiger partial charge in [0, 0.05) is 24.5 Å². The molecule has 2 N–H and O–H groups in total. The van der Waals surface area contributed by atoms with Crippen molar-refractivity contribution in [1.29, 1.82) is 0 Å². The fourth-order valence-electron chi connectivity index (χ4n) is 1.63. The number of benzene rings is 1. The number of carbonyl (C=O) groups is 1. The van der Waals surface area contributed by atoms with Crippen LogP contribution >= 0.6 is 23.8 Å². The Morgan fingerprint density at radius 1 is 1.58 bits per heavy atom. The first-order chi connectivity index (χ1) is 8.86. The van der Waals surface area contributed by atoms with Gasteiger partial charge in [-0.2, -0.15) is 0 Å². The average molecular weight is 301 g/mol. The minimum absolute atomic E-state index is 0.0396. The molecule has 0 spiro atoms. The van der Waals surface area contributed by atoms with Crippen molar-refractivity contribution in [3.8, 4) is 5.75 Å². The SMILES string of the molecule is COc1cc(Cl)ccc1C(=O)N(C)CC(C)C(N)=S. The third-order valence-corrected chi connectivity index (χ3v) is 3.41. The lowest BCUT2D eigenvalue weighted by molar-refractivity contribution is 0.0783. The molecule has 0 fully saturated rings. The van der Waals surface area contributed by atoms with Crippen LogP contribution in [0.1, 0.15) is 17.3 Å². The zero-order chi connectivity index (χ0) is 14.6. The molecule has 1 aromatic carbocycles. The van der Waals surface area contributed by atoms with E-state index in [1.54, 1.807) is 30.1 Å². The summed E-state index contributed by atoms with van der Waals surface area (Å²) in [7, 11) is 3.20. The van der Waals surface area contributed by atoms with E-state index in [2.05, 4.69) is 0 Å². The molecule has 0 aromatic heterocycles. The predicted octanol–water partition coefficient (Wildman–Crippen LogP) is 2.34. The van der Waals surface area contributed by atoms with Gasteiger partial charge in [-0.05, 0) is 18.2 Å². The molecule has 0 saturated carbocycles. The molecule has 19 heavy (non-hydrogen) atoms. The predicted molar refractivity (Wildman–Crippen MR) is 80.9 cm³/mol. The molecular formula is C13H17ClN2O2S. The lowest BCUT2D eigenvalue weighted by atomic mass is 10.1. The molecule has 6 heteroatoms. The quantitative estimate of drug-likeness (QED) is 0.848. The van der Waals surface area contributed by atoms with Gasteiger partial charge in [0.05, 0.1) is 17.7 Å². The molecule has 0 bridgehead atoms. The first-order valence-electron chi connectivity index (χ1n) is 5.75. The molecule has 0 heterocycles. The summed E-state index contributed by atoms with van der Waals surface area (Å²) in [5.74, 6) is 0.256. The Morgan fingerprint density at radius 2 is 2.21 bits per heavy atom. The van der Waals surface area contributed by atoms with E-state index in [1.165, 1.54) is 7.11 Å². The van der Waals surface area contributed by atoms with Crippen molar-refractivity contribution in [2.75, 3.05) is 20.7 Å². The molecule has 104 valence electrons. The van der Waals surface area contributed by atoms with Crippen LogP contribution in [0.3, 0.4) is 0 Å². The van der Waals surface area contributed by atoms with Gasteiger partial charge in [-0.1, -0.05) is 30.7 Å². The van der Waals surface area contributed by atoms with Crippen LogP contribution in [0.25, 0.3) is 0 Å². The van der Waals surface area contributed by atoms with Gasteiger partial charge in [-0.25, -0.2) is 0 Å². The fraction of sp³-hybridized carbons (Fsp3) is 0.385. The van der Waals surface area contributed by atoms with E-state index in [0.717, 1.165) is 0 Å². The molecule has 4 nitrogen and oxygen atoms in total. The summed E-state index contributed by atoms with van der Waals surface area (Å²) in [5, 5.41) is 0.521. The number of ether oxygens (including phenoxy) is 1. The first-order valence-corrected chi connectivity index (χ1v) is 6.53. The van der Waals surface area contributed by atoms with Gasteiger partial charge >= 0.3 is 0 Å². The minimum atomic E-state index is -0.156. The van der Waals surface area contributed by atoms with Crippen molar-refractivity contribution in [1.82, 2.24) is 4.90 Å². The van der Waals surface area contributed by atoms with Crippen molar-refractivity contribution in [2.45, 2.75) is 6.92 Å². The van der Waals surface area contributed by atoms with Gasteiger partial charge in [0.2, 0.25) is 0 Å². The summed E-state index contributed by atoms with van der Waals surface area (Å²) in [6, 6.07) is 4.91. The molecule has 1 unspecified atom stereocenters. The van der Waals surface area contributed by atoms with Crippen LogP contribution in [0.15, 0.2) is 18.2 Å². The fourth-order valence-corrected chi connectivity index (χ4v) is 1.87. The summed E-state index contributed by atoms with van der Waals surface area (Å²) in [5.41, 5.74) is 6.01. The van der Waals surface area contributed by atoms with Crippen LogP contribution in [-0.2, 0) is 0 Å². The van der Waals surface area contributed by atoms with Crippen molar-refractivity contribution in [3.63, 3.8) is 0 Å². The maximum Gasteiger partial charge on any atom is 0.257 e. The van der Waals surface area contributed by atoms with Crippen molar-refractivity contribution in [2.24, 2.45) is 11.7 Å². The topological polar surface area (TPSA) is 55.6 Å². The molecule has 0 saturated heterocycles. The molecule has 0 aliphatic carbocycles. The molecular weight excluding hydrogens is 284 g/mol. The van der Waals surface area contributed by atoms with E-state index in [1.807, 2.05) is 6.92 Å². The Bertz CT molecular complexity index is 494. The van der Waals surface area contributed by atoms with Crippen LogP contribution < -0.4 is 10.5 Å². The third kappa shape index (κ3) is 4.08. The zero-order valence-corrected chi connectivity index (χ0v) is 12.7. The van der Waals surface area contributed by atoms with Gasteiger partial charge < -0.3 is 15.4 Å². The van der Waals surface area contributed by atoms with Crippen molar-refractivity contribution < 1.29 is 9.53 Å². The second-order valence-corrected chi connectivity index (χ2v) is 5.24. The summed E-state index contributed by atoms with van der Waals surface area (Å²) < 4.78 is 5.17. The van der Waals surface area contributed by atoms with Gasteiger partial charge in [0.1, 0.15) is 5.75 Å². The van der Waals surface area contributed by atoms with Crippen molar-refractivity contribution >= 4 is 34.7 Å². The molecule has 1 rings (SSSR count). The van der Waals surface area contributed by atoms with Crippen LogP contribution in [0.4, 0.5) is 0 Å². The first kappa shape index (κ1) is 15.7. The lowest BCUT2D eigenvalue weighted by Crippen LogP contribution is -2.35. The van der Waals surface area contributed by atoms with Gasteiger partial charge in [-0.15, -0.1) is 0 Å². The average Bonchev–Trinajstić information content (AvgIpc) is 2.37. The smallest absolute Gasteiger partial charge is 0.257 e. The molecule has 1 amide bonds. The maximum absolute atomic E-state index is 12.3. The number of hydrogen-bond donors (Lipinski definition) is 1. The lowest BCUT2D eigenvalue weighted by Gasteiger charge is -2.22. The van der Waals surface area contributed by atoms with E-state index in [4.69, 9.17) is 34.3 Å². The van der Waals surface area contributed by atoms with E-state index in [9.17, 15) is 4.79 Å². The standard InChI is InChI=1S/C13H17ClN2O2S/c1-8(12(15)19)7-16(2)13(17)10-5-4-9(14)6-11(10)18-3/h4-6,8H,7H2,1-3H3,(H2,15,19). The van der Waals surface area contributed by atoms with E-state index >= 15 is 0 Å². The normalized spacial score (nSPS) is 11.8. The van der Waals surface area contributed by atoms with Crippen molar-refractivity contribution in [3.05, 3.63) is 28.8 Å². The minimum Gasteiger partial charge on any atom is -0.496 e. The number of carbonyl (C=O) groups excluding carboxylic acids is 1. The molecule has 1 aromatic rings. The number of halogens is 1. The number of nitrogens with zero attached hydrogens (tertiary/aromatic N) is 1. The number of amides is 1. The number of methoxy groups -OCH3 is 1. The zero-order valence-electron chi connectivity index (χ0n) is 11.1. The Balaban J connectivity index is 2.91. The highest BCUT2D eigenvalue weighted by atomic mass is 35.5. The van der Waals surface area contributed by atoms with Gasteiger partial charge in [0.25, 0.3) is 5.91 Å². The summed E-state index contributed by atoms with van der Waals surface area (Å²) in [6.07, 6.45) is 0. The number of rotatable bonds is 5. The highest BCUT2D eigenvalue weighted by Gasteiger charge is 2.19. The second-order valence-electron chi connectivity index (χ2n) is 4.33. The van der Waals surface area contributed by atoms with E-state index in [-0.39, 0.29) is 11.8 Å². The van der Waals surface area contributed by atoms with Crippen LogP contribution in [-0.4, -0.2) is 36.5 Å². The largest absolute Gasteiger partial charge is 0.496 e. The molecule has 0 aliphatic rings. The maximum atomic E-state index is 12.3.